The van der Waals surface area contributed by atoms with Crippen LogP contribution in [0.2, 0.25) is 0 Å². The Hall–Kier alpha value is -2.90. The molecule has 0 radical (unpaired) electrons. The van der Waals surface area contributed by atoms with Gasteiger partial charge in [-0.3, -0.25) is 19.3 Å². The van der Waals surface area contributed by atoms with Crippen molar-refractivity contribution in [3.8, 4) is 5.88 Å². The van der Waals surface area contributed by atoms with Crippen molar-refractivity contribution in [1.29, 1.82) is 0 Å². The van der Waals surface area contributed by atoms with Crippen LogP contribution in [-0.2, 0) is 11.8 Å². The highest BCUT2D eigenvalue weighted by Gasteiger charge is 2.16. The number of methoxy groups -OCH3 is 1. The van der Waals surface area contributed by atoms with Crippen molar-refractivity contribution < 1.29 is 14.3 Å². The first-order valence-corrected chi connectivity index (χ1v) is 6.16. The number of hydrogen-bond acceptors (Lipinski definition) is 5. The summed E-state index contributed by atoms with van der Waals surface area (Å²) in [4.78, 5) is 27.5. The molecule has 0 atom stereocenters. The molecule has 0 bridgehead atoms. The Morgan fingerprint density at radius 3 is 2.90 bits per heavy atom. The molecular weight excluding hydrogens is 274 g/mol. The largest absolute Gasteiger partial charge is 0.479 e. The Bertz CT molecular complexity index is 639. The van der Waals surface area contributed by atoms with E-state index >= 15 is 0 Å². The van der Waals surface area contributed by atoms with E-state index in [1.54, 1.807) is 25.4 Å². The first kappa shape index (κ1) is 14.5. The Balaban J connectivity index is 1.90. The van der Waals surface area contributed by atoms with E-state index in [9.17, 15) is 9.59 Å². The molecule has 0 aliphatic heterocycles. The molecule has 2 amide bonds. The fraction of sp³-hybridized carbons (Fsp3) is 0.231. The Morgan fingerprint density at radius 2 is 2.24 bits per heavy atom. The number of ether oxygens (including phenoxy) is 1. The molecule has 110 valence electrons. The Morgan fingerprint density at radius 1 is 1.43 bits per heavy atom. The summed E-state index contributed by atoms with van der Waals surface area (Å²) in [5.41, 5.74) is 0.838. The van der Waals surface area contributed by atoms with Crippen LogP contribution >= 0.6 is 0 Å². The number of aryl methyl sites for hydroxylation is 1. The van der Waals surface area contributed by atoms with Gasteiger partial charge in [0.1, 0.15) is 5.56 Å². The van der Waals surface area contributed by atoms with Crippen LogP contribution in [0.1, 0.15) is 10.4 Å². The van der Waals surface area contributed by atoms with Gasteiger partial charge in [-0.15, -0.1) is 5.10 Å². The van der Waals surface area contributed by atoms with Crippen LogP contribution in [0.25, 0.3) is 0 Å². The highest BCUT2D eigenvalue weighted by molar-refractivity contribution is 6.00. The van der Waals surface area contributed by atoms with Crippen LogP contribution in [-0.4, -0.2) is 40.2 Å². The summed E-state index contributed by atoms with van der Waals surface area (Å²) in [6.45, 7) is -0.161. The molecule has 21 heavy (non-hydrogen) atoms. The number of carbonyl (C=O) groups excluding carboxylic acids is 2. The lowest BCUT2D eigenvalue weighted by atomic mass is 10.3. The monoisotopic (exact) mass is 289 g/mol. The van der Waals surface area contributed by atoms with E-state index in [0.717, 1.165) is 0 Å². The maximum absolute atomic E-state index is 12.0. The molecule has 2 heterocycles. The number of anilines is 1. The minimum Gasteiger partial charge on any atom is -0.479 e. The van der Waals surface area contributed by atoms with Crippen LogP contribution in [0.3, 0.4) is 0 Å². The molecule has 0 spiro atoms. The van der Waals surface area contributed by atoms with E-state index in [2.05, 4.69) is 20.7 Å². The molecule has 0 fully saturated rings. The zero-order valence-corrected chi connectivity index (χ0v) is 11.7. The quantitative estimate of drug-likeness (QED) is 0.819. The normalized spacial score (nSPS) is 10.0. The zero-order chi connectivity index (χ0) is 15.2. The summed E-state index contributed by atoms with van der Waals surface area (Å²) in [5.74, 6) is -0.567. The second-order valence-corrected chi connectivity index (χ2v) is 4.20. The van der Waals surface area contributed by atoms with Gasteiger partial charge < -0.3 is 15.4 Å². The molecule has 8 nitrogen and oxygen atoms in total. The number of rotatable bonds is 5. The molecule has 2 aromatic rings. The minimum atomic E-state index is -0.429. The third kappa shape index (κ3) is 3.78. The molecule has 2 N–H and O–H groups in total. The van der Waals surface area contributed by atoms with Crippen LogP contribution in [0, 0.1) is 0 Å². The molecule has 8 heteroatoms. The Kier molecular flexibility index (Phi) is 4.50. The van der Waals surface area contributed by atoms with Crippen molar-refractivity contribution >= 4 is 17.5 Å². The van der Waals surface area contributed by atoms with E-state index < -0.39 is 5.91 Å². The van der Waals surface area contributed by atoms with Crippen molar-refractivity contribution in [3.63, 3.8) is 0 Å². The SMILES string of the molecule is COc1nn(C)cc1C(=O)NCC(=O)Nc1cccnc1. The van der Waals surface area contributed by atoms with Crippen molar-refractivity contribution in [3.05, 3.63) is 36.3 Å². The molecule has 0 unspecified atom stereocenters. The summed E-state index contributed by atoms with van der Waals surface area (Å²) >= 11 is 0. The first-order valence-electron chi connectivity index (χ1n) is 6.16. The predicted octanol–water partition coefficient (Wildman–Crippen LogP) is 0.192. The topological polar surface area (TPSA) is 98.1 Å². The molecule has 0 aromatic carbocycles. The third-order valence-electron chi connectivity index (χ3n) is 2.59. The standard InChI is InChI=1S/C13H15N5O3/c1-18-8-10(13(17-18)21-2)12(20)15-7-11(19)16-9-4-3-5-14-6-9/h3-6,8H,7H2,1-2H3,(H,15,20)(H,16,19). The molecule has 0 aliphatic carbocycles. The van der Waals surface area contributed by atoms with Crippen LogP contribution < -0.4 is 15.4 Å². The van der Waals surface area contributed by atoms with Gasteiger partial charge in [0, 0.05) is 19.4 Å². The first-order chi connectivity index (χ1) is 10.1. The van der Waals surface area contributed by atoms with Crippen LogP contribution in [0.15, 0.2) is 30.7 Å². The zero-order valence-electron chi connectivity index (χ0n) is 11.7. The average Bonchev–Trinajstić information content (AvgIpc) is 2.87. The lowest BCUT2D eigenvalue weighted by molar-refractivity contribution is -0.115. The van der Waals surface area contributed by atoms with E-state index in [4.69, 9.17) is 4.74 Å². The van der Waals surface area contributed by atoms with Crippen LogP contribution in [0.5, 0.6) is 5.88 Å². The second-order valence-electron chi connectivity index (χ2n) is 4.20. The number of pyridine rings is 1. The van der Waals surface area contributed by atoms with E-state index in [0.29, 0.717) is 5.69 Å². The van der Waals surface area contributed by atoms with Gasteiger partial charge in [0.05, 0.1) is 25.5 Å². The molecule has 0 saturated heterocycles. The highest BCUT2D eigenvalue weighted by Crippen LogP contribution is 2.14. The van der Waals surface area contributed by atoms with Crippen molar-refractivity contribution in [2.75, 3.05) is 19.0 Å². The van der Waals surface area contributed by atoms with E-state index in [1.165, 1.54) is 24.2 Å². The molecule has 0 saturated carbocycles. The van der Waals surface area contributed by atoms with Gasteiger partial charge >= 0.3 is 0 Å². The van der Waals surface area contributed by atoms with Crippen LogP contribution in [0.4, 0.5) is 5.69 Å². The number of aromatic nitrogens is 3. The average molecular weight is 289 g/mol. The minimum absolute atomic E-state index is 0.161. The van der Waals surface area contributed by atoms with Gasteiger partial charge in [-0.25, -0.2) is 0 Å². The number of nitrogens with zero attached hydrogens (tertiary/aromatic N) is 3. The second kappa shape index (κ2) is 6.51. The van der Waals surface area contributed by atoms with Crippen molar-refractivity contribution in [2.45, 2.75) is 0 Å². The molecule has 2 aromatic heterocycles. The summed E-state index contributed by atoms with van der Waals surface area (Å²) < 4.78 is 6.45. The fourth-order valence-corrected chi connectivity index (χ4v) is 1.67. The number of hydrogen-bond donors (Lipinski definition) is 2. The smallest absolute Gasteiger partial charge is 0.258 e. The fourth-order valence-electron chi connectivity index (χ4n) is 1.67. The lowest BCUT2D eigenvalue weighted by Gasteiger charge is -2.06. The highest BCUT2D eigenvalue weighted by atomic mass is 16.5. The summed E-state index contributed by atoms with van der Waals surface area (Å²) in [6.07, 6.45) is 4.64. The van der Waals surface area contributed by atoms with Gasteiger partial charge in [-0.1, -0.05) is 0 Å². The molecular formula is C13H15N5O3. The van der Waals surface area contributed by atoms with Gasteiger partial charge in [0.2, 0.25) is 11.8 Å². The maximum Gasteiger partial charge on any atom is 0.258 e. The summed E-state index contributed by atoms with van der Waals surface area (Å²) in [7, 11) is 3.10. The Labute approximate surface area is 121 Å². The third-order valence-corrected chi connectivity index (χ3v) is 2.59. The summed E-state index contributed by atoms with van der Waals surface area (Å²) in [6, 6.07) is 3.41. The van der Waals surface area contributed by atoms with Gasteiger partial charge in [0.25, 0.3) is 5.91 Å². The number of carbonyl (C=O) groups is 2. The van der Waals surface area contributed by atoms with Crippen molar-refractivity contribution in [2.24, 2.45) is 7.05 Å². The van der Waals surface area contributed by atoms with Gasteiger partial charge in [-0.05, 0) is 12.1 Å². The predicted molar refractivity (Wildman–Crippen MR) is 75.0 cm³/mol. The van der Waals surface area contributed by atoms with Crippen molar-refractivity contribution in [1.82, 2.24) is 20.1 Å². The molecule has 0 aliphatic rings. The van der Waals surface area contributed by atoms with Gasteiger partial charge in [0.15, 0.2) is 0 Å². The summed E-state index contributed by atoms with van der Waals surface area (Å²) in [5, 5.41) is 9.09. The van der Waals surface area contributed by atoms with E-state index in [1.807, 2.05) is 0 Å². The number of nitrogens with one attached hydrogen (secondary N) is 2. The van der Waals surface area contributed by atoms with Gasteiger partial charge in [-0.2, -0.15) is 0 Å². The number of amides is 2. The lowest BCUT2D eigenvalue weighted by Crippen LogP contribution is -2.32. The van der Waals surface area contributed by atoms with E-state index in [-0.39, 0.29) is 23.9 Å². The maximum atomic E-state index is 12.0. The molecule has 2 rings (SSSR count).